The molecule has 1 unspecified atom stereocenters. The molecular weight excluding hydrogens is 573 g/mol. The second-order valence-electron chi connectivity index (χ2n) is 9.67. The smallest absolute Gasteiger partial charge is 0.394 e. The molecule has 0 saturated carbocycles. The summed E-state index contributed by atoms with van der Waals surface area (Å²) in [5.41, 5.74) is -1.70. The summed E-state index contributed by atoms with van der Waals surface area (Å²) in [5.74, 6) is -2.36. The van der Waals surface area contributed by atoms with E-state index in [1.165, 1.54) is 24.5 Å². The molecule has 0 spiro atoms. The minimum absolute atomic E-state index is 0.0244. The van der Waals surface area contributed by atoms with Gasteiger partial charge in [0.2, 0.25) is 0 Å². The molecule has 2 aromatic carbocycles. The van der Waals surface area contributed by atoms with Crippen LogP contribution in [-0.4, -0.2) is 50.8 Å². The number of hydrogen-bond acceptors (Lipinski definition) is 9. The topological polar surface area (TPSA) is 132 Å². The van der Waals surface area contributed by atoms with E-state index in [1.807, 2.05) is 0 Å². The van der Waals surface area contributed by atoms with Crippen molar-refractivity contribution in [1.29, 1.82) is 5.41 Å². The molecule has 0 amide bonds. The van der Waals surface area contributed by atoms with Crippen molar-refractivity contribution in [1.82, 2.24) is 25.8 Å². The highest BCUT2D eigenvalue weighted by Gasteiger charge is 2.52. The molecule has 0 saturated heterocycles. The number of nitrogens with one attached hydrogen (secondary N) is 4. The molecule has 14 heteroatoms. The summed E-state index contributed by atoms with van der Waals surface area (Å²) < 4.78 is 76.3. The lowest BCUT2D eigenvalue weighted by Crippen LogP contribution is -2.60. The molecule has 2 atom stereocenters. The third-order valence-corrected chi connectivity index (χ3v) is 6.53. The zero-order valence-electron chi connectivity index (χ0n) is 22.8. The van der Waals surface area contributed by atoms with Gasteiger partial charge in [0.05, 0.1) is 24.5 Å². The number of benzene rings is 2. The highest BCUT2D eigenvalue weighted by molar-refractivity contribution is 6.07. The number of anilines is 1. The van der Waals surface area contributed by atoms with Gasteiger partial charge in [0.1, 0.15) is 29.0 Å². The first-order valence-corrected chi connectivity index (χ1v) is 13.0. The van der Waals surface area contributed by atoms with E-state index in [0.717, 1.165) is 13.1 Å². The number of aliphatic hydroxyl groups excluding tert-OH is 1. The van der Waals surface area contributed by atoms with Crippen molar-refractivity contribution in [2.45, 2.75) is 31.2 Å². The van der Waals surface area contributed by atoms with Crippen molar-refractivity contribution in [3.8, 4) is 0 Å². The van der Waals surface area contributed by atoms with Crippen molar-refractivity contribution in [3.05, 3.63) is 113 Å². The van der Waals surface area contributed by atoms with Gasteiger partial charge >= 0.3 is 6.18 Å². The van der Waals surface area contributed by atoms with Crippen LogP contribution in [0.5, 0.6) is 0 Å². The first-order valence-electron chi connectivity index (χ1n) is 13.0. The number of rotatable bonds is 13. The molecule has 5 N–H and O–H groups in total. The molecule has 43 heavy (non-hydrogen) atoms. The second-order valence-corrected chi connectivity index (χ2v) is 9.67. The highest BCUT2D eigenvalue weighted by atomic mass is 19.4. The number of aromatic nitrogens is 3. The van der Waals surface area contributed by atoms with E-state index in [1.54, 1.807) is 48.5 Å². The molecule has 2 heterocycles. The predicted molar refractivity (Wildman–Crippen MR) is 149 cm³/mol. The van der Waals surface area contributed by atoms with Crippen molar-refractivity contribution in [2.24, 2.45) is 0 Å². The molecule has 0 radical (unpaired) electrons. The van der Waals surface area contributed by atoms with Gasteiger partial charge in [-0.25, -0.2) is 18.7 Å². The van der Waals surface area contributed by atoms with E-state index in [4.69, 9.17) is 9.93 Å². The average molecular weight is 602 g/mol. The fourth-order valence-corrected chi connectivity index (χ4v) is 4.03. The van der Waals surface area contributed by atoms with Gasteiger partial charge in [-0.05, 0) is 24.6 Å². The minimum atomic E-state index is -4.82. The molecule has 4 aromatic rings. The van der Waals surface area contributed by atoms with E-state index in [2.05, 4.69) is 31.1 Å². The summed E-state index contributed by atoms with van der Waals surface area (Å²) in [6, 6.07) is 14.6. The summed E-state index contributed by atoms with van der Waals surface area (Å²) in [4.78, 5) is 7.74. The maximum absolute atomic E-state index is 14.6. The molecule has 0 aliphatic rings. The summed E-state index contributed by atoms with van der Waals surface area (Å²) in [5, 5.41) is 29.9. The van der Waals surface area contributed by atoms with Crippen LogP contribution in [-0.2, 0) is 6.54 Å². The minimum Gasteiger partial charge on any atom is -0.394 e. The van der Waals surface area contributed by atoms with E-state index in [-0.39, 0.29) is 29.5 Å². The van der Waals surface area contributed by atoms with Gasteiger partial charge in [-0.1, -0.05) is 53.7 Å². The van der Waals surface area contributed by atoms with Crippen LogP contribution >= 0.6 is 0 Å². The Kier molecular flexibility index (Phi) is 9.83. The largest absolute Gasteiger partial charge is 0.408 e. The van der Waals surface area contributed by atoms with Crippen LogP contribution in [0.3, 0.4) is 0 Å². The number of allylic oxidation sites excluding steroid dienone is 1. The fraction of sp³-hybridized carbons (Fsp3) is 0.241. The van der Waals surface area contributed by atoms with Crippen LogP contribution in [0.2, 0.25) is 0 Å². The Hall–Kier alpha value is -4.69. The lowest BCUT2D eigenvalue weighted by atomic mass is 9.97. The van der Waals surface area contributed by atoms with Gasteiger partial charge in [0.25, 0.3) is 0 Å². The molecule has 0 aliphatic heterocycles. The van der Waals surface area contributed by atoms with E-state index in [9.17, 15) is 27.1 Å². The van der Waals surface area contributed by atoms with Crippen LogP contribution < -0.4 is 16.0 Å². The zero-order chi connectivity index (χ0) is 31.0. The third kappa shape index (κ3) is 7.78. The van der Waals surface area contributed by atoms with Gasteiger partial charge in [0.15, 0.2) is 17.5 Å². The standard InChI is InChI=1S/C29H28F5N7O2/c1-28(29(32,33)34,40-25(16-42)18-7-3-2-4-8-18)17-38-26-21(31)15-37-27(39-26)22(35)13-24(23-11-12-43-41-23)36-14-19-9-5-6-10-20(19)30/h2-13,15,25,35-36,40,42H,14,16-17H2,1H3,(H,37,38,39)/b24-13-,35-22?/t25?,28-/m1/s1. The quantitative estimate of drug-likeness (QED) is 0.107. The lowest BCUT2D eigenvalue weighted by Gasteiger charge is -2.36. The highest BCUT2D eigenvalue weighted by Crippen LogP contribution is 2.33. The molecular formula is C29H28F5N7O2. The zero-order valence-corrected chi connectivity index (χ0v) is 22.8. The first kappa shape index (κ1) is 31.3. The van der Waals surface area contributed by atoms with Crippen molar-refractivity contribution in [3.63, 3.8) is 0 Å². The monoisotopic (exact) mass is 601 g/mol. The Labute approximate surface area is 243 Å². The molecule has 0 bridgehead atoms. The Morgan fingerprint density at radius 2 is 1.77 bits per heavy atom. The van der Waals surface area contributed by atoms with Crippen molar-refractivity contribution < 1.29 is 31.6 Å². The second kappa shape index (κ2) is 13.5. The van der Waals surface area contributed by atoms with Crippen LogP contribution in [0.15, 0.2) is 83.7 Å². The summed E-state index contributed by atoms with van der Waals surface area (Å²) in [6.45, 7) is -0.590. The fourth-order valence-electron chi connectivity index (χ4n) is 4.03. The van der Waals surface area contributed by atoms with Gasteiger partial charge in [-0.15, -0.1) is 0 Å². The van der Waals surface area contributed by atoms with Crippen molar-refractivity contribution >= 4 is 17.2 Å². The third-order valence-electron chi connectivity index (χ3n) is 6.53. The number of nitrogens with zero attached hydrogens (tertiary/aromatic N) is 3. The number of hydrogen-bond donors (Lipinski definition) is 5. The van der Waals surface area contributed by atoms with Gasteiger partial charge in [-0.3, -0.25) is 10.7 Å². The molecule has 0 aliphatic carbocycles. The Bertz CT molecular complexity index is 1550. The van der Waals surface area contributed by atoms with Crippen LogP contribution in [0.1, 0.15) is 35.6 Å². The van der Waals surface area contributed by atoms with E-state index >= 15 is 0 Å². The maximum Gasteiger partial charge on any atom is 0.408 e. The van der Waals surface area contributed by atoms with Crippen molar-refractivity contribution in [2.75, 3.05) is 18.5 Å². The maximum atomic E-state index is 14.6. The van der Waals surface area contributed by atoms with Gasteiger partial charge in [-0.2, -0.15) is 13.2 Å². The molecule has 9 nitrogen and oxygen atoms in total. The SMILES string of the molecule is C[C@](CNc1nc(C(=N)/C=C(\NCc2ccccc2F)c2ccon2)ncc1F)(NC(CO)c1ccccc1)C(F)(F)F. The Morgan fingerprint density at radius 3 is 2.42 bits per heavy atom. The first-order chi connectivity index (χ1) is 20.5. The van der Waals surface area contributed by atoms with E-state index in [0.29, 0.717) is 11.1 Å². The lowest BCUT2D eigenvalue weighted by molar-refractivity contribution is -0.190. The molecule has 4 rings (SSSR count). The number of halogens is 5. The number of aliphatic hydroxyl groups is 1. The number of alkyl halides is 3. The van der Waals surface area contributed by atoms with Gasteiger partial charge in [0, 0.05) is 24.7 Å². The summed E-state index contributed by atoms with van der Waals surface area (Å²) >= 11 is 0. The summed E-state index contributed by atoms with van der Waals surface area (Å²) in [7, 11) is 0. The Balaban J connectivity index is 1.55. The van der Waals surface area contributed by atoms with Crippen LogP contribution in [0.25, 0.3) is 5.70 Å². The molecule has 226 valence electrons. The van der Waals surface area contributed by atoms with E-state index < -0.39 is 48.4 Å². The van der Waals surface area contributed by atoms with Crippen LogP contribution in [0, 0.1) is 17.0 Å². The predicted octanol–water partition coefficient (Wildman–Crippen LogP) is 5.00. The Morgan fingerprint density at radius 1 is 1.05 bits per heavy atom. The summed E-state index contributed by atoms with van der Waals surface area (Å²) in [6.07, 6.45) is -1.55. The molecule has 2 aromatic heterocycles. The molecule has 0 fully saturated rings. The van der Waals surface area contributed by atoms with Gasteiger partial charge < -0.3 is 20.3 Å². The van der Waals surface area contributed by atoms with Crippen LogP contribution in [0.4, 0.5) is 27.8 Å². The average Bonchev–Trinajstić information content (AvgIpc) is 3.53. The normalized spacial score (nSPS) is 14.2.